The summed E-state index contributed by atoms with van der Waals surface area (Å²) in [5, 5.41) is 0.710. The average molecular weight is 334 g/mol. The van der Waals surface area contributed by atoms with Gasteiger partial charge in [0.25, 0.3) is 5.56 Å². The van der Waals surface area contributed by atoms with Gasteiger partial charge in [0, 0.05) is 4.88 Å². The standard InChI is InChI=1S/C17H22N2O3S/c1-4-12(17(21)22-5-2)19-9-18-15-14(16(19)20)11-7-6-10(3)8-13(11)23-15/h9-10,12H,4-8H2,1-3H3/t10-,12-/m0/s1. The van der Waals surface area contributed by atoms with E-state index in [4.69, 9.17) is 4.74 Å². The van der Waals surface area contributed by atoms with Crippen LogP contribution in [0.15, 0.2) is 11.1 Å². The van der Waals surface area contributed by atoms with Gasteiger partial charge in [0.1, 0.15) is 10.9 Å². The van der Waals surface area contributed by atoms with E-state index in [9.17, 15) is 9.59 Å². The Bertz CT molecular complexity index is 793. The Labute approximate surface area is 139 Å². The lowest BCUT2D eigenvalue weighted by atomic mass is 9.89. The summed E-state index contributed by atoms with van der Waals surface area (Å²) in [6.07, 6.45) is 5.05. The molecule has 0 unspecified atom stereocenters. The zero-order valence-corrected chi connectivity index (χ0v) is 14.6. The predicted octanol–water partition coefficient (Wildman–Crippen LogP) is 3.10. The van der Waals surface area contributed by atoms with Gasteiger partial charge in [-0.2, -0.15) is 0 Å². The molecule has 2 atom stereocenters. The van der Waals surface area contributed by atoms with E-state index >= 15 is 0 Å². The van der Waals surface area contributed by atoms with E-state index < -0.39 is 6.04 Å². The molecule has 0 amide bonds. The van der Waals surface area contributed by atoms with E-state index in [-0.39, 0.29) is 11.5 Å². The molecule has 0 saturated heterocycles. The van der Waals surface area contributed by atoms with Crippen molar-refractivity contribution in [1.29, 1.82) is 0 Å². The quantitative estimate of drug-likeness (QED) is 0.806. The number of carbonyl (C=O) groups is 1. The number of aromatic nitrogens is 2. The molecule has 2 aromatic rings. The molecule has 1 aliphatic carbocycles. The molecular formula is C17H22N2O3S. The number of esters is 1. The maximum atomic E-state index is 13.0. The van der Waals surface area contributed by atoms with E-state index in [0.717, 1.165) is 29.7 Å². The number of carbonyl (C=O) groups excluding carboxylic acids is 1. The molecule has 124 valence electrons. The van der Waals surface area contributed by atoms with Crippen molar-refractivity contribution >= 4 is 27.5 Å². The molecule has 2 heterocycles. The molecule has 0 bridgehead atoms. The van der Waals surface area contributed by atoms with Crippen molar-refractivity contribution in [2.24, 2.45) is 5.92 Å². The van der Waals surface area contributed by atoms with Crippen molar-refractivity contribution < 1.29 is 9.53 Å². The number of hydrogen-bond acceptors (Lipinski definition) is 5. The lowest BCUT2D eigenvalue weighted by molar-refractivity contribution is -0.147. The summed E-state index contributed by atoms with van der Waals surface area (Å²) < 4.78 is 6.55. The highest BCUT2D eigenvalue weighted by atomic mass is 32.1. The molecule has 23 heavy (non-hydrogen) atoms. The Balaban J connectivity index is 2.12. The van der Waals surface area contributed by atoms with Crippen LogP contribution in [0.2, 0.25) is 0 Å². The van der Waals surface area contributed by atoms with Crippen molar-refractivity contribution in [3.05, 3.63) is 27.1 Å². The lowest BCUT2D eigenvalue weighted by Crippen LogP contribution is -2.31. The molecule has 0 aromatic carbocycles. The Morgan fingerprint density at radius 1 is 1.52 bits per heavy atom. The van der Waals surface area contributed by atoms with Crippen LogP contribution in [-0.2, 0) is 22.4 Å². The fourth-order valence-electron chi connectivity index (χ4n) is 3.28. The zero-order valence-electron chi connectivity index (χ0n) is 13.8. The van der Waals surface area contributed by atoms with E-state index in [0.29, 0.717) is 24.3 Å². The van der Waals surface area contributed by atoms with E-state index in [2.05, 4.69) is 11.9 Å². The van der Waals surface area contributed by atoms with Crippen LogP contribution >= 0.6 is 11.3 Å². The maximum Gasteiger partial charge on any atom is 0.329 e. The van der Waals surface area contributed by atoms with Gasteiger partial charge in [-0.3, -0.25) is 9.36 Å². The van der Waals surface area contributed by atoms with Crippen LogP contribution in [0.25, 0.3) is 10.2 Å². The first-order chi connectivity index (χ1) is 11.1. The zero-order chi connectivity index (χ0) is 16.6. The first-order valence-corrected chi connectivity index (χ1v) is 9.06. The molecule has 0 aliphatic heterocycles. The van der Waals surface area contributed by atoms with E-state index in [1.165, 1.54) is 15.8 Å². The number of aryl methyl sites for hydroxylation is 1. The molecule has 1 aliphatic rings. The number of ether oxygens (including phenoxy) is 1. The van der Waals surface area contributed by atoms with Crippen LogP contribution in [0.5, 0.6) is 0 Å². The highest BCUT2D eigenvalue weighted by Gasteiger charge is 2.26. The Hall–Kier alpha value is -1.69. The minimum Gasteiger partial charge on any atom is -0.464 e. The average Bonchev–Trinajstić information content (AvgIpc) is 2.88. The van der Waals surface area contributed by atoms with Gasteiger partial charge >= 0.3 is 5.97 Å². The van der Waals surface area contributed by atoms with Gasteiger partial charge < -0.3 is 4.74 Å². The van der Waals surface area contributed by atoms with Gasteiger partial charge in [-0.05, 0) is 44.1 Å². The fraction of sp³-hybridized carbons (Fsp3) is 0.588. The Morgan fingerprint density at radius 2 is 2.30 bits per heavy atom. The predicted molar refractivity (Wildman–Crippen MR) is 91.0 cm³/mol. The number of fused-ring (bicyclic) bond motifs is 3. The first kappa shape index (κ1) is 16.2. The van der Waals surface area contributed by atoms with Crippen molar-refractivity contribution in [3.63, 3.8) is 0 Å². The van der Waals surface area contributed by atoms with Gasteiger partial charge in [-0.15, -0.1) is 11.3 Å². The highest BCUT2D eigenvalue weighted by molar-refractivity contribution is 7.18. The SMILES string of the molecule is CCOC(=O)[C@H](CC)n1cnc2sc3c(c2c1=O)CC[C@H](C)C3. The number of hydrogen-bond donors (Lipinski definition) is 0. The summed E-state index contributed by atoms with van der Waals surface area (Å²) >= 11 is 1.62. The third-order valence-corrected chi connectivity index (χ3v) is 5.68. The summed E-state index contributed by atoms with van der Waals surface area (Å²) in [7, 11) is 0. The maximum absolute atomic E-state index is 13.0. The monoisotopic (exact) mass is 334 g/mol. The number of rotatable bonds is 4. The summed E-state index contributed by atoms with van der Waals surface area (Å²) in [5.74, 6) is 0.289. The first-order valence-electron chi connectivity index (χ1n) is 8.24. The third kappa shape index (κ3) is 2.80. The molecule has 5 nitrogen and oxygen atoms in total. The molecular weight excluding hydrogens is 312 g/mol. The Kier molecular flexibility index (Phi) is 4.53. The fourth-order valence-corrected chi connectivity index (χ4v) is 4.62. The van der Waals surface area contributed by atoms with Gasteiger partial charge in [0.05, 0.1) is 18.3 Å². The van der Waals surface area contributed by atoms with E-state index in [1.54, 1.807) is 18.3 Å². The van der Waals surface area contributed by atoms with E-state index in [1.807, 2.05) is 6.92 Å². The van der Waals surface area contributed by atoms with Crippen LogP contribution in [0.1, 0.15) is 50.1 Å². The lowest BCUT2D eigenvalue weighted by Gasteiger charge is -2.18. The molecule has 0 radical (unpaired) electrons. The van der Waals surface area contributed by atoms with Gasteiger partial charge in [0.2, 0.25) is 0 Å². The second-order valence-corrected chi connectivity index (χ2v) is 7.25. The van der Waals surface area contributed by atoms with Crippen LogP contribution in [0, 0.1) is 5.92 Å². The smallest absolute Gasteiger partial charge is 0.329 e. The second-order valence-electron chi connectivity index (χ2n) is 6.17. The molecule has 3 rings (SSSR count). The van der Waals surface area contributed by atoms with Gasteiger partial charge in [-0.25, -0.2) is 9.78 Å². The Morgan fingerprint density at radius 3 is 3.00 bits per heavy atom. The van der Waals surface area contributed by atoms with Gasteiger partial charge in [-0.1, -0.05) is 13.8 Å². The van der Waals surface area contributed by atoms with Crippen LogP contribution in [-0.4, -0.2) is 22.1 Å². The van der Waals surface area contributed by atoms with Crippen molar-refractivity contribution in [3.8, 4) is 0 Å². The largest absolute Gasteiger partial charge is 0.464 e. The topological polar surface area (TPSA) is 61.2 Å². The summed E-state index contributed by atoms with van der Waals surface area (Å²) in [6, 6.07) is -0.600. The second kappa shape index (κ2) is 6.43. The van der Waals surface area contributed by atoms with Gasteiger partial charge in [0.15, 0.2) is 0 Å². The molecule has 2 aromatic heterocycles. The normalized spacial score (nSPS) is 18.7. The number of thiophene rings is 1. The summed E-state index contributed by atoms with van der Waals surface area (Å²) in [4.78, 5) is 31.6. The van der Waals surface area contributed by atoms with Crippen molar-refractivity contribution in [1.82, 2.24) is 9.55 Å². The third-order valence-electron chi connectivity index (χ3n) is 4.52. The van der Waals surface area contributed by atoms with Crippen LogP contribution < -0.4 is 5.56 Å². The molecule has 0 N–H and O–H groups in total. The van der Waals surface area contributed by atoms with Crippen molar-refractivity contribution in [2.45, 2.75) is 52.5 Å². The highest BCUT2D eigenvalue weighted by Crippen LogP contribution is 2.35. The molecule has 0 spiro atoms. The molecule has 0 fully saturated rings. The summed E-state index contributed by atoms with van der Waals surface area (Å²) in [5.41, 5.74) is 1.04. The van der Waals surface area contributed by atoms with Crippen molar-refractivity contribution in [2.75, 3.05) is 6.61 Å². The van der Waals surface area contributed by atoms with Crippen LogP contribution in [0.3, 0.4) is 0 Å². The minimum absolute atomic E-state index is 0.109. The molecule has 0 saturated carbocycles. The summed E-state index contributed by atoms with van der Waals surface area (Å²) in [6.45, 7) is 6.20. The minimum atomic E-state index is -0.600. The molecule has 6 heteroatoms. The number of nitrogens with zero attached hydrogens (tertiary/aromatic N) is 2. The van der Waals surface area contributed by atoms with Crippen LogP contribution in [0.4, 0.5) is 0 Å².